The van der Waals surface area contributed by atoms with Crippen LogP contribution in [0.3, 0.4) is 0 Å². The number of carbonyl (C=O) groups is 1. The Hall–Kier alpha value is -2.53. The molecule has 1 unspecified atom stereocenters. The highest BCUT2D eigenvalue weighted by molar-refractivity contribution is 7.59. The van der Waals surface area contributed by atoms with Gasteiger partial charge < -0.3 is 19.3 Å². The van der Waals surface area contributed by atoms with Gasteiger partial charge in [0, 0.05) is 39.2 Å². The first kappa shape index (κ1) is 27.7. The van der Waals surface area contributed by atoms with E-state index in [0.29, 0.717) is 24.8 Å². The van der Waals surface area contributed by atoms with Crippen molar-refractivity contribution in [2.75, 3.05) is 26.7 Å². The van der Waals surface area contributed by atoms with Gasteiger partial charge in [-0.25, -0.2) is 4.79 Å². The summed E-state index contributed by atoms with van der Waals surface area (Å²) in [5, 5.41) is 14.0. The number of hydrogen-bond donors (Lipinski definition) is 1. The van der Waals surface area contributed by atoms with Gasteiger partial charge in [0.2, 0.25) is 11.7 Å². The Labute approximate surface area is 213 Å². The van der Waals surface area contributed by atoms with Crippen molar-refractivity contribution in [2.24, 2.45) is 0 Å². The molecule has 8 nitrogen and oxygen atoms in total. The first-order valence-electron chi connectivity index (χ1n) is 10.7. The largest absolute Gasteiger partial charge is 0.445 e. The van der Waals surface area contributed by atoms with E-state index >= 15 is 0 Å². The van der Waals surface area contributed by atoms with Crippen LogP contribution in [0.25, 0.3) is 11.4 Å². The van der Waals surface area contributed by atoms with Gasteiger partial charge in [-0.1, -0.05) is 53.7 Å². The van der Waals surface area contributed by atoms with Crippen LogP contribution in [0, 0.1) is 6.92 Å². The fourth-order valence-corrected chi connectivity index (χ4v) is 3.92. The van der Waals surface area contributed by atoms with E-state index in [-0.39, 0.29) is 45.7 Å². The van der Waals surface area contributed by atoms with Crippen LogP contribution in [0.5, 0.6) is 0 Å². The van der Waals surface area contributed by atoms with Crippen LogP contribution in [0.1, 0.15) is 29.5 Å². The predicted octanol–water partition coefficient (Wildman–Crippen LogP) is 3.65. The molecule has 10 heteroatoms. The number of aromatic nitrogens is 2. The van der Waals surface area contributed by atoms with Crippen LogP contribution in [0.4, 0.5) is 4.79 Å². The average molecular weight is 505 g/mol. The van der Waals surface area contributed by atoms with Crippen molar-refractivity contribution in [1.29, 1.82) is 0 Å². The number of likely N-dealkylation sites (N-methyl/N-ethyl adjacent to an activating group) is 1. The van der Waals surface area contributed by atoms with E-state index in [0.717, 1.165) is 29.7 Å². The molecule has 3 aromatic rings. The van der Waals surface area contributed by atoms with E-state index in [9.17, 15) is 9.90 Å². The molecule has 2 heterocycles. The minimum Gasteiger partial charge on any atom is -0.445 e. The van der Waals surface area contributed by atoms with E-state index < -0.39 is 6.09 Å². The standard InChI is InChI=1S/C24H28N4O4.2H2S/c1-17-25-23(26-32-17)20-10-6-9-19(13-20)22(15-28-12-11-21(29)14-28)27(2)24(30)31-16-18-7-4-3-5-8-18;;/h3-10,13,21-22,29H,11-12,14-16H2,1-2H3;2*1H2/t21-,22?;;/m1../s1. The number of amides is 1. The molecule has 1 N–H and O–H groups in total. The van der Waals surface area contributed by atoms with Gasteiger partial charge in [0.15, 0.2) is 0 Å². The molecule has 2 aromatic carbocycles. The maximum absolute atomic E-state index is 12.9. The number of nitrogens with zero attached hydrogens (tertiary/aromatic N) is 4. The monoisotopic (exact) mass is 504 g/mol. The van der Waals surface area contributed by atoms with Crippen LogP contribution in [0.2, 0.25) is 0 Å². The quantitative estimate of drug-likeness (QED) is 0.525. The van der Waals surface area contributed by atoms with Crippen LogP contribution in [-0.2, 0) is 11.3 Å². The van der Waals surface area contributed by atoms with Crippen LogP contribution in [0.15, 0.2) is 59.1 Å². The maximum Gasteiger partial charge on any atom is 0.410 e. The number of likely N-dealkylation sites (tertiary alicyclic amines) is 1. The molecule has 1 aliphatic rings. The topological polar surface area (TPSA) is 91.9 Å². The van der Waals surface area contributed by atoms with Crippen LogP contribution < -0.4 is 0 Å². The van der Waals surface area contributed by atoms with Gasteiger partial charge in [-0.2, -0.15) is 32.0 Å². The predicted molar refractivity (Wildman–Crippen MR) is 139 cm³/mol. The van der Waals surface area contributed by atoms with Crippen molar-refractivity contribution in [3.05, 3.63) is 71.6 Å². The number of benzene rings is 2. The molecule has 1 saturated heterocycles. The highest BCUT2D eigenvalue weighted by atomic mass is 32.1. The van der Waals surface area contributed by atoms with Crippen molar-refractivity contribution in [3.63, 3.8) is 0 Å². The number of aliphatic hydroxyl groups is 1. The lowest BCUT2D eigenvalue weighted by Crippen LogP contribution is -2.39. The van der Waals surface area contributed by atoms with Crippen molar-refractivity contribution in [3.8, 4) is 11.4 Å². The lowest BCUT2D eigenvalue weighted by molar-refractivity contribution is 0.0817. The zero-order valence-corrected chi connectivity index (χ0v) is 21.3. The second-order valence-corrected chi connectivity index (χ2v) is 8.13. The zero-order chi connectivity index (χ0) is 22.5. The minimum absolute atomic E-state index is 0. The van der Waals surface area contributed by atoms with Gasteiger partial charge >= 0.3 is 6.09 Å². The zero-order valence-electron chi connectivity index (χ0n) is 19.3. The van der Waals surface area contributed by atoms with Gasteiger partial charge in [-0.3, -0.25) is 4.90 Å². The number of β-amino-alcohol motifs (C(OH)–C–C–N with tert-alkyl or cyclic N) is 1. The Bertz CT molecular complexity index is 1050. The molecule has 1 amide bonds. The van der Waals surface area contributed by atoms with Gasteiger partial charge in [0.05, 0.1) is 12.1 Å². The number of rotatable bonds is 7. The Morgan fingerprint density at radius 2 is 2.00 bits per heavy atom. The Morgan fingerprint density at radius 3 is 2.65 bits per heavy atom. The summed E-state index contributed by atoms with van der Waals surface area (Å²) >= 11 is 0. The highest BCUT2D eigenvalue weighted by Gasteiger charge is 2.29. The Morgan fingerprint density at radius 1 is 1.24 bits per heavy atom. The molecule has 1 aliphatic heterocycles. The molecule has 1 fully saturated rings. The summed E-state index contributed by atoms with van der Waals surface area (Å²) in [5.41, 5.74) is 2.69. The maximum atomic E-state index is 12.9. The van der Waals surface area contributed by atoms with Gasteiger partial charge in [0.1, 0.15) is 6.61 Å². The summed E-state index contributed by atoms with van der Waals surface area (Å²) in [4.78, 5) is 21.0. The number of ether oxygens (including phenoxy) is 1. The second kappa shape index (κ2) is 12.8. The van der Waals surface area contributed by atoms with Gasteiger partial charge in [0.25, 0.3) is 0 Å². The summed E-state index contributed by atoms with van der Waals surface area (Å²) < 4.78 is 10.7. The molecular formula is C24H32N4O4S2. The summed E-state index contributed by atoms with van der Waals surface area (Å²) in [6.45, 7) is 3.92. The van der Waals surface area contributed by atoms with Crippen molar-refractivity contribution < 1.29 is 19.2 Å². The fraction of sp³-hybridized carbons (Fsp3) is 0.375. The fourth-order valence-electron chi connectivity index (χ4n) is 3.92. The smallest absolute Gasteiger partial charge is 0.410 e. The summed E-state index contributed by atoms with van der Waals surface area (Å²) in [6, 6.07) is 17.1. The molecule has 1 aromatic heterocycles. The lowest BCUT2D eigenvalue weighted by Gasteiger charge is -2.31. The molecule has 0 spiro atoms. The Kier molecular flexibility index (Phi) is 10.4. The number of hydrogen-bond acceptors (Lipinski definition) is 7. The minimum atomic E-state index is -0.403. The van der Waals surface area contributed by atoms with E-state index in [4.69, 9.17) is 9.26 Å². The third-order valence-corrected chi connectivity index (χ3v) is 5.70. The SMILES string of the molecule is Cc1nc(-c2cccc(C(CN3CC[C@@H](O)C3)N(C)C(=O)OCc3ccccc3)c2)no1.S.S. The highest BCUT2D eigenvalue weighted by Crippen LogP contribution is 2.27. The van der Waals surface area contributed by atoms with E-state index in [1.54, 1.807) is 18.9 Å². The number of aliphatic hydroxyl groups excluding tert-OH is 1. The third kappa shape index (κ3) is 6.99. The molecular weight excluding hydrogens is 472 g/mol. The molecule has 0 radical (unpaired) electrons. The Balaban J connectivity index is 0.00000204. The first-order valence-corrected chi connectivity index (χ1v) is 10.7. The van der Waals surface area contributed by atoms with Crippen LogP contribution >= 0.6 is 27.0 Å². The number of carbonyl (C=O) groups excluding carboxylic acids is 1. The van der Waals surface area contributed by atoms with Crippen LogP contribution in [-0.4, -0.2) is 63.9 Å². The van der Waals surface area contributed by atoms with E-state index in [2.05, 4.69) is 15.0 Å². The second-order valence-electron chi connectivity index (χ2n) is 8.13. The molecule has 2 atom stereocenters. The molecule has 0 aliphatic carbocycles. The third-order valence-electron chi connectivity index (χ3n) is 5.70. The van der Waals surface area contributed by atoms with Crippen molar-refractivity contribution >= 4 is 33.1 Å². The summed E-state index contributed by atoms with van der Waals surface area (Å²) in [5.74, 6) is 1.00. The average Bonchev–Trinajstić information content (AvgIpc) is 3.44. The van der Waals surface area contributed by atoms with E-state index in [1.165, 1.54) is 0 Å². The van der Waals surface area contributed by atoms with Gasteiger partial charge in [-0.05, 0) is 23.6 Å². The van der Waals surface area contributed by atoms with E-state index in [1.807, 2.05) is 54.6 Å². The lowest BCUT2D eigenvalue weighted by atomic mass is 10.0. The molecule has 184 valence electrons. The molecule has 34 heavy (non-hydrogen) atoms. The van der Waals surface area contributed by atoms with Crippen molar-refractivity contribution in [2.45, 2.75) is 32.1 Å². The molecule has 0 bridgehead atoms. The normalized spacial score (nSPS) is 16.3. The van der Waals surface area contributed by atoms with Gasteiger partial charge in [-0.15, -0.1) is 0 Å². The van der Waals surface area contributed by atoms with Crippen molar-refractivity contribution in [1.82, 2.24) is 19.9 Å². The number of aryl methyl sites for hydroxylation is 1. The molecule has 4 rings (SSSR count). The summed E-state index contributed by atoms with van der Waals surface area (Å²) in [6.07, 6.45) is -0.00381. The molecule has 0 saturated carbocycles. The summed E-state index contributed by atoms with van der Waals surface area (Å²) in [7, 11) is 1.75. The first-order chi connectivity index (χ1) is 15.5.